The van der Waals surface area contributed by atoms with Crippen molar-refractivity contribution in [3.05, 3.63) is 22.4 Å². The van der Waals surface area contributed by atoms with Gasteiger partial charge in [-0.2, -0.15) is 4.68 Å². The molecule has 0 radical (unpaired) electrons. The minimum absolute atomic E-state index is 0.120. The SMILES string of the molecule is CC[Si](CC)(CC)OC(C)(C)Cn1ccc([N+](=O)[O-])n1. The topological polar surface area (TPSA) is 70.2 Å². The van der Waals surface area contributed by atoms with Crippen LogP contribution in [0.4, 0.5) is 5.82 Å². The highest BCUT2D eigenvalue weighted by Crippen LogP contribution is 2.28. The molecule has 0 spiro atoms. The number of hydrogen-bond acceptors (Lipinski definition) is 4. The maximum absolute atomic E-state index is 10.7. The minimum atomic E-state index is -1.70. The lowest BCUT2D eigenvalue weighted by Gasteiger charge is -2.37. The number of rotatable bonds is 8. The Morgan fingerprint density at radius 2 is 1.90 bits per heavy atom. The quantitative estimate of drug-likeness (QED) is 0.418. The van der Waals surface area contributed by atoms with Crippen molar-refractivity contribution in [2.45, 2.75) is 64.9 Å². The molecule has 0 saturated carbocycles. The van der Waals surface area contributed by atoms with Crippen LogP contribution in [0.15, 0.2) is 12.3 Å². The van der Waals surface area contributed by atoms with E-state index in [-0.39, 0.29) is 11.4 Å². The molecule has 0 aliphatic rings. The average molecular weight is 299 g/mol. The van der Waals surface area contributed by atoms with Crippen molar-refractivity contribution in [3.8, 4) is 0 Å². The van der Waals surface area contributed by atoms with Gasteiger partial charge in [0.15, 0.2) is 8.32 Å². The predicted octanol–water partition coefficient (Wildman–Crippen LogP) is 3.59. The molecule has 0 unspecified atom stereocenters. The van der Waals surface area contributed by atoms with E-state index in [0.29, 0.717) is 6.54 Å². The molecular formula is C13H25N3O3Si. The van der Waals surface area contributed by atoms with Gasteiger partial charge in [-0.1, -0.05) is 20.8 Å². The Morgan fingerprint density at radius 1 is 1.35 bits per heavy atom. The van der Waals surface area contributed by atoms with Gasteiger partial charge in [-0.25, -0.2) is 0 Å². The summed E-state index contributed by atoms with van der Waals surface area (Å²) in [5, 5.41) is 14.6. The van der Waals surface area contributed by atoms with E-state index in [2.05, 4.69) is 25.9 Å². The Labute approximate surface area is 121 Å². The van der Waals surface area contributed by atoms with Crippen molar-refractivity contribution in [1.29, 1.82) is 0 Å². The molecule has 20 heavy (non-hydrogen) atoms. The summed E-state index contributed by atoms with van der Waals surface area (Å²) in [6.45, 7) is 11.2. The van der Waals surface area contributed by atoms with E-state index in [1.54, 1.807) is 10.9 Å². The van der Waals surface area contributed by atoms with Crippen LogP contribution in [-0.2, 0) is 11.0 Å². The van der Waals surface area contributed by atoms with E-state index in [0.717, 1.165) is 18.1 Å². The molecule has 7 heteroatoms. The summed E-state index contributed by atoms with van der Waals surface area (Å²) < 4.78 is 8.05. The molecule has 0 amide bonds. The van der Waals surface area contributed by atoms with Gasteiger partial charge in [-0.15, -0.1) is 0 Å². The van der Waals surface area contributed by atoms with Crippen LogP contribution < -0.4 is 0 Å². The molecule has 0 bridgehead atoms. The summed E-state index contributed by atoms with van der Waals surface area (Å²) in [4.78, 5) is 10.2. The maximum Gasteiger partial charge on any atom is 0.389 e. The molecule has 0 atom stereocenters. The van der Waals surface area contributed by atoms with Crippen molar-refractivity contribution in [2.24, 2.45) is 0 Å². The average Bonchev–Trinajstić information content (AvgIpc) is 2.84. The first-order valence-corrected chi connectivity index (χ1v) is 9.68. The van der Waals surface area contributed by atoms with Gasteiger partial charge in [0.2, 0.25) is 0 Å². The normalized spacial score (nSPS) is 12.7. The Hall–Kier alpha value is -1.21. The van der Waals surface area contributed by atoms with E-state index < -0.39 is 13.2 Å². The molecule has 0 aliphatic heterocycles. The molecule has 1 rings (SSSR count). The lowest BCUT2D eigenvalue weighted by Crippen LogP contribution is -2.46. The largest absolute Gasteiger partial charge is 0.410 e. The van der Waals surface area contributed by atoms with Crippen molar-refractivity contribution in [1.82, 2.24) is 9.78 Å². The third-order valence-electron chi connectivity index (χ3n) is 3.78. The zero-order valence-electron chi connectivity index (χ0n) is 13.0. The zero-order valence-corrected chi connectivity index (χ0v) is 14.0. The standard InChI is InChI=1S/C13H25N3O3Si/c1-6-20(7-2,8-3)19-13(4,5)11-15-10-9-12(14-15)16(17)18/h9-10H,6-8,11H2,1-5H3. The lowest BCUT2D eigenvalue weighted by atomic mass is 10.1. The van der Waals surface area contributed by atoms with Gasteiger partial charge in [0, 0.05) is 0 Å². The van der Waals surface area contributed by atoms with Crippen LogP contribution in [0.5, 0.6) is 0 Å². The van der Waals surface area contributed by atoms with Gasteiger partial charge in [0.05, 0.1) is 29.5 Å². The van der Waals surface area contributed by atoms with Gasteiger partial charge in [-0.05, 0) is 36.9 Å². The summed E-state index contributed by atoms with van der Waals surface area (Å²) >= 11 is 0. The zero-order chi connectivity index (χ0) is 15.4. The second-order valence-corrected chi connectivity index (χ2v) is 10.4. The highest BCUT2D eigenvalue weighted by molar-refractivity contribution is 6.73. The summed E-state index contributed by atoms with van der Waals surface area (Å²) in [6, 6.07) is 4.67. The number of aromatic nitrogens is 2. The lowest BCUT2D eigenvalue weighted by molar-refractivity contribution is -0.389. The minimum Gasteiger partial charge on any atom is -0.410 e. The van der Waals surface area contributed by atoms with Gasteiger partial charge in [0.1, 0.15) is 0 Å². The van der Waals surface area contributed by atoms with Crippen LogP contribution >= 0.6 is 0 Å². The third-order valence-corrected chi connectivity index (χ3v) is 8.63. The Morgan fingerprint density at radius 3 is 2.30 bits per heavy atom. The summed E-state index contributed by atoms with van der Waals surface area (Å²) in [6.07, 6.45) is 1.64. The maximum atomic E-state index is 10.7. The van der Waals surface area contributed by atoms with E-state index in [1.165, 1.54) is 6.07 Å². The van der Waals surface area contributed by atoms with Crippen LogP contribution in [0.25, 0.3) is 0 Å². The third kappa shape index (κ3) is 4.14. The predicted molar refractivity (Wildman–Crippen MR) is 81.2 cm³/mol. The summed E-state index contributed by atoms with van der Waals surface area (Å²) in [5.41, 5.74) is -0.367. The first kappa shape index (κ1) is 16.8. The Bertz CT molecular complexity index is 447. The molecule has 1 aromatic rings. The first-order valence-electron chi connectivity index (χ1n) is 7.15. The molecular weight excluding hydrogens is 274 g/mol. The number of nitro groups is 1. The van der Waals surface area contributed by atoms with Crippen LogP contribution in [-0.4, -0.2) is 28.6 Å². The highest BCUT2D eigenvalue weighted by atomic mass is 28.4. The van der Waals surface area contributed by atoms with Crippen molar-refractivity contribution >= 4 is 14.1 Å². The molecule has 1 aromatic heterocycles. The summed E-state index contributed by atoms with van der Waals surface area (Å²) in [7, 11) is -1.70. The van der Waals surface area contributed by atoms with E-state index in [9.17, 15) is 10.1 Å². The molecule has 0 N–H and O–H groups in total. The molecule has 0 saturated heterocycles. The fourth-order valence-corrected chi connectivity index (χ4v) is 5.68. The van der Waals surface area contributed by atoms with E-state index in [4.69, 9.17) is 4.43 Å². The Kier molecular flexibility index (Phi) is 5.47. The van der Waals surface area contributed by atoms with Gasteiger partial charge >= 0.3 is 5.82 Å². The monoisotopic (exact) mass is 299 g/mol. The van der Waals surface area contributed by atoms with Crippen LogP contribution in [0, 0.1) is 10.1 Å². The van der Waals surface area contributed by atoms with E-state index >= 15 is 0 Å². The van der Waals surface area contributed by atoms with Crippen LogP contribution in [0.3, 0.4) is 0 Å². The molecule has 1 heterocycles. The molecule has 0 aromatic carbocycles. The molecule has 114 valence electrons. The van der Waals surface area contributed by atoms with Crippen molar-refractivity contribution in [3.63, 3.8) is 0 Å². The fourth-order valence-electron chi connectivity index (χ4n) is 2.51. The van der Waals surface area contributed by atoms with Gasteiger partial charge in [0.25, 0.3) is 0 Å². The molecule has 0 aliphatic carbocycles. The second-order valence-electron chi connectivity index (χ2n) is 5.73. The Balaban J connectivity index is 2.80. The number of hydrogen-bond donors (Lipinski definition) is 0. The summed E-state index contributed by atoms with van der Waals surface area (Å²) in [5.74, 6) is -0.120. The molecule has 0 fully saturated rings. The molecule has 6 nitrogen and oxygen atoms in total. The van der Waals surface area contributed by atoms with E-state index in [1.807, 2.05) is 13.8 Å². The van der Waals surface area contributed by atoms with Gasteiger partial charge < -0.3 is 14.5 Å². The first-order chi connectivity index (χ1) is 9.27. The fraction of sp³-hybridized carbons (Fsp3) is 0.769. The van der Waals surface area contributed by atoms with Crippen LogP contribution in [0.1, 0.15) is 34.6 Å². The smallest absolute Gasteiger partial charge is 0.389 e. The van der Waals surface area contributed by atoms with Crippen molar-refractivity contribution in [2.75, 3.05) is 0 Å². The van der Waals surface area contributed by atoms with Crippen LogP contribution in [0.2, 0.25) is 18.1 Å². The van der Waals surface area contributed by atoms with Crippen molar-refractivity contribution < 1.29 is 9.35 Å². The number of nitrogens with zero attached hydrogens (tertiary/aromatic N) is 3. The second kappa shape index (κ2) is 6.49. The van der Waals surface area contributed by atoms with Gasteiger partial charge in [-0.3, -0.25) is 0 Å². The highest BCUT2D eigenvalue weighted by Gasteiger charge is 2.36.